The van der Waals surface area contributed by atoms with Crippen LogP contribution in [0.5, 0.6) is 0 Å². The number of ether oxygens (including phenoxy) is 1. The van der Waals surface area contributed by atoms with Gasteiger partial charge in [0.25, 0.3) is 0 Å². The number of hydrogen-bond donors (Lipinski definition) is 0. The molecule has 3 unspecified atom stereocenters. The fourth-order valence-electron chi connectivity index (χ4n) is 2.42. The molecule has 0 aromatic rings. The van der Waals surface area contributed by atoms with Crippen LogP contribution in [0.25, 0.3) is 0 Å². The third-order valence-corrected chi connectivity index (χ3v) is 3.30. The summed E-state index contributed by atoms with van der Waals surface area (Å²) in [6, 6.07) is 0. The molecule has 0 amide bonds. The highest BCUT2D eigenvalue weighted by Crippen LogP contribution is 2.51. The number of hydrogen-bond acceptors (Lipinski definition) is 1. The first-order chi connectivity index (χ1) is 4.77. The second-order valence-electron chi connectivity index (χ2n) is 3.83. The standard InChI is InChI=1S/C9H16O/c1-3-7-5-4-6-8-9(7,2)10-8/h7-8H,3-6H2,1-2H3. The zero-order valence-corrected chi connectivity index (χ0v) is 6.89. The molecule has 0 N–H and O–H groups in total. The van der Waals surface area contributed by atoms with Crippen molar-refractivity contribution >= 4 is 0 Å². The molecule has 2 rings (SSSR count). The fraction of sp³-hybridized carbons (Fsp3) is 1.00. The molecule has 0 aromatic carbocycles. The molecule has 1 heteroatoms. The highest BCUT2D eigenvalue weighted by atomic mass is 16.6. The Balaban J connectivity index is 2.06. The van der Waals surface area contributed by atoms with Gasteiger partial charge in [0.2, 0.25) is 0 Å². The predicted molar refractivity (Wildman–Crippen MR) is 40.9 cm³/mol. The van der Waals surface area contributed by atoms with Crippen LogP contribution in [0.1, 0.15) is 39.5 Å². The van der Waals surface area contributed by atoms with E-state index in [1.807, 2.05) is 0 Å². The van der Waals surface area contributed by atoms with Crippen LogP contribution in [0.4, 0.5) is 0 Å². The summed E-state index contributed by atoms with van der Waals surface area (Å²) in [5.74, 6) is 0.853. The summed E-state index contributed by atoms with van der Waals surface area (Å²) in [7, 11) is 0. The van der Waals surface area contributed by atoms with Crippen molar-refractivity contribution in [3.63, 3.8) is 0 Å². The van der Waals surface area contributed by atoms with Crippen LogP contribution < -0.4 is 0 Å². The van der Waals surface area contributed by atoms with Crippen molar-refractivity contribution in [2.24, 2.45) is 5.92 Å². The summed E-state index contributed by atoms with van der Waals surface area (Å²) < 4.78 is 5.67. The number of fused-ring (bicyclic) bond motifs is 1. The van der Waals surface area contributed by atoms with E-state index in [9.17, 15) is 0 Å². The number of rotatable bonds is 1. The molecule has 0 bridgehead atoms. The van der Waals surface area contributed by atoms with Crippen molar-refractivity contribution in [3.8, 4) is 0 Å². The highest BCUT2D eigenvalue weighted by Gasteiger charge is 2.57. The Bertz CT molecular complexity index is 144. The highest BCUT2D eigenvalue weighted by molar-refractivity contribution is 5.05. The van der Waals surface area contributed by atoms with E-state index >= 15 is 0 Å². The molecule has 1 saturated carbocycles. The smallest absolute Gasteiger partial charge is 0.0948 e. The third-order valence-electron chi connectivity index (χ3n) is 3.30. The van der Waals surface area contributed by atoms with E-state index in [1.165, 1.54) is 25.7 Å². The summed E-state index contributed by atoms with van der Waals surface area (Å²) in [5, 5.41) is 0. The lowest BCUT2D eigenvalue weighted by Gasteiger charge is -2.23. The van der Waals surface area contributed by atoms with Crippen molar-refractivity contribution in [3.05, 3.63) is 0 Å². The second-order valence-corrected chi connectivity index (χ2v) is 3.83. The van der Waals surface area contributed by atoms with Crippen LogP contribution in [0.15, 0.2) is 0 Å². The minimum Gasteiger partial charge on any atom is -0.366 e. The molecule has 1 saturated heterocycles. The molecule has 10 heavy (non-hydrogen) atoms. The van der Waals surface area contributed by atoms with Crippen LogP contribution in [0, 0.1) is 5.92 Å². The molecule has 1 aliphatic heterocycles. The first kappa shape index (κ1) is 6.66. The summed E-state index contributed by atoms with van der Waals surface area (Å²) in [6.07, 6.45) is 6.02. The molecule has 0 aromatic heterocycles. The molecular weight excluding hydrogens is 124 g/mol. The first-order valence-corrected chi connectivity index (χ1v) is 4.45. The van der Waals surface area contributed by atoms with Crippen molar-refractivity contribution in [2.45, 2.75) is 51.2 Å². The van der Waals surface area contributed by atoms with Crippen LogP contribution >= 0.6 is 0 Å². The van der Waals surface area contributed by atoms with Gasteiger partial charge in [-0.3, -0.25) is 0 Å². The maximum Gasteiger partial charge on any atom is 0.0948 e. The third kappa shape index (κ3) is 0.731. The zero-order chi connectivity index (χ0) is 7.19. The molecule has 1 nitrogen and oxygen atoms in total. The molecule has 1 heterocycles. The Morgan fingerprint density at radius 1 is 1.50 bits per heavy atom. The Morgan fingerprint density at radius 2 is 2.30 bits per heavy atom. The molecule has 2 aliphatic rings. The molecule has 3 atom stereocenters. The van der Waals surface area contributed by atoms with Crippen LogP contribution in [0.3, 0.4) is 0 Å². The van der Waals surface area contributed by atoms with Gasteiger partial charge in [0.1, 0.15) is 0 Å². The zero-order valence-electron chi connectivity index (χ0n) is 6.89. The topological polar surface area (TPSA) is 12.5 Å². The fourth-order valence-corrected chi connectivity index (χ4v) is 2.42. The summed E-state index contributed by atoms with van der Waals surface area (Å²) in [5.41, 5.74) is 0.312. The van der Waals surface area contributed by atoms with Crippen molar-refractivity contribution < 1.29 is 4.74 Å². The van der Waals surface area contributed by atoms with Crippen molar-refractivity contribution in [2.75, 3.05) is 0 Å². The molecule has 0 radical (unpaired) electrons. The lowest BCUT2D eigenvalue weighted by Crippen LogP contribution is -2.26. The van der Waals surface area contributed by atoms with Gasteiger partial charge < -0.3 is 4.74 Å². The predicted octanol–water partition coefficient (Wildman–Crippen LogP) is 2.35. The van der Waals surface area contributed by atoms with Gasteiger partial charge in [0.05, 0.1) is 11.7 Å². The average molecular weight is 140 g/mol. The van der Waals surface area contributed by atoms with E-state index in [-0.39, 0.29) is 0 Å². The van der Waals surface area contributed by atoms with Crippen LogP contribution in [-0.4, -0.2) is 11.7 Å². The Hall–Kier alpha value is -0.0400. The van der Waals surface area contributed by atoms with Crippen LogP contribution in [-0.2, 0) is 4.74 Å². The molecule has 0 spiro atoms. The second kappa shape index (κ2) is 1.97. The van der Waals surface area contributed by atoms with Crippen molar-refractivity contribution in [1.29, 1.82) is 0 Å². The largest absolute Gasteiger partial charge is 0.366 e. The average Bonchev–Trinajstić information content (AvgIpc) is 2.59. The van der Waals surface area contributed by atoms with E-state index in [0.29, 0.717) is 11.7 Å². The van der Waals surface area contributed by atoms with Gasteiger partial charge in [-0.05, 0) is 25.7 Å². The quantitative estimate of drug-likeness (QED) is 0.509. The van der Waals surface area contributed by atoms with Gasteiger partial charge in [0, 0.05) is 0 Å². The monoisotopic (exact) mass is 140 g/mol. The van der Waals surface area contributed by atoms with Crippen LogP contribution in [0.2, 0.25) is 0 Å². The van der Waals surface area contributed by atoms with E-state index in [2.05, 4.69) is 13.8 Å². The summed E-state index contributed by atoms with van der Waals surface area (Å²) in [6.45, 7) is 4.56. The van der Waals surface area contributed by atoms with Gasteiger partial charge in [-0.2, -0.15) is 0 Å². The summed E-state index contributed by atoms with van der Waals surface area (Å²) >= 11 is 0. The van der Waals surface area contributed by atoms with Crippen molar-refractivity contribution in [1.82, 2.24) is 0 Å². The van der Waals surface area contributed by atoms with Gasteiger partial charge >= 0.3 is 0 Å². The molecule has 1 aliphatic carbocycles. The SMILES string of the molecule is CCC1CCCC2OC12C. The van der Waals surface area contributed by atoms with Gasteiger partial charge in [-0.15, -0.1) is 0 Å². The minimum atomic E-state index is 0.312. The Kier molecular flexibility index (Phi) is 1.31. The maximum atomic E-state index is 5.67. The molecule has 58 valence electrons. The Morgan fingerprint density at radius 3 is 2.90 bits per heavy atom. The normalized spacial score (nSPS) is 52.2. The lowest BCUT2D eigenvalue weighted by molar-refractivity contribution is 0.222. The van der Waals surface area contributed by atoms with E-state index in [1.54, 1.807) is 0 Å². The molecule has 2 fully saturated rings. The van der Waals surface area contributed by atoms with Gasteiger partial charge in [-0.25, -0.2) is 0 Å². The van der Waals surface area contributed by atoms with Gasteiger partial charge in [-0.1, -0.05) is 19.8 Å². The maximum absolute atomic E-state index is 5.67. The molecular formula is C9H16O. The Labute approximate surface area is 62.8 Å². The summed E-state index contributed by atoms with van der Waals surface area (Å²) in [4.78, 5) is 0. The van der Waals surface area contributed by atoms with E-state index < -0.39 is 0 Å². The number of epoxide rings is 1. The van der Waals surface area contributed by atoms with Gasteiger partial charge in [0.15, 0.2) is 0 Å². The van der Waals surface area contributed by atoms with E-state index in [0.717, 1.165) is 5.92 Å². The lowest BCUT2D eigenvalue weighted by atomic mass is 9.79. The van der Waals surface area contributed by atoms with E-state index in [4.69, 9.17) is 4.74 Å². The minimum absolute atomic E-state index is 0.312. The first-order valence-electron chi connectivity index (χ1n) is 4.45.